The lowest BCUT2D eigenvalue weighted by molar-refractivity contribution is 0.147. The fourth-order valence-electron chi connectivity index (χ4n) is 1.22. The van der Waals surface area contributed by atoms with E-state index >= 15 is 0 Å². The molecule has 1 aromatic carbocycles. The van der Waals surface area contributed by atoms with Crippen LogP contribution in [-0.4, -0.2) is 19.8 Å². The smallest absolute Gasteiger partial charge is 0.148 e. The molecule has 0 radical (unpaired) electrons. The summed E-state index contributed by atoms with van der Waals surface area (Å²) in [6.07, 6.45) is 0.859. The number of benzene rings is 1. The van der Waals surface area contributed by atoms with E-state index in [-0.39, 0.29) is 5.82 Å². The van der Waals surface area contributed by atoms with E-state index in [4.69, 9.17) is 10.5 Å². The zero-order chi connectivity index (χ0) is 11.1. The predicted octanol–water partition coefficient (Wildman–Crippen LogP) is 2.25. The van der Waals surface area contributed by atoms with Crippen LogP contribution < -0.4 is 11.1 Å². The molecule has 0 aliphatic rings. The van der Waals surface area contributed by atoms with Crippen molar-refractivity contribution in [1.82, 2.24) is 0 Å². The van der Waals surface area contributed by atoms with Crippen molar-refractivity contribution in [2.75, 3.05) is 30.8 Å². The van der Waals surface area contributed by atoms with Crippen LogP contribution in [0.25, 0.3) is 0 Å². The fraction of sp³-hybridized carbons (Fsp3) is 0.455. The third-order valence-electron chi connectivity index (χ3n) is 1.98. The number of nitrogen functional groups attached to an aromatic ring is 1. The second-order valence-corrected chi connectivity index (χ2v) is 3.22. The second kappa shape index (κ2) is 6.24. The van der Waals surface area contributed by atoms with Crippen molar-refractivity contribution >= 4 is 11.4 Å². The van der Waals surface area contributed by atoms with Crippen molar-refractivity contribution in [3.8, 4) is 0 Å². The van der Waals surface area contributed by atoms with Gasteiger partial charge in [-0.3, -0.25) is 0 Å². The lowest BCUT2D eigenvalue weighted by Gasteiger charge is -2.07. The molecule has 3 N–H and O–H groups in total. The Hall–Kier alpha value is -1.29. The van der Waals surface area contributed by atoms with E-state index in [0.717, 1.165) is 13.0 Å². The number of halogens is 1. The first-order valence-electron chi connectivity index (χ1n) is 5.10. The maximum atomic E-state index is 13.3. The Morgan fingerprint density at radius 2 is 2.27 bits per heavy atom. The molecule has 84 valence electrons. The number of ether oxygens (including phenoxy) is 1. The van der Waals surface area contributed by atoms with Gasteiger partial charge in [-0.15, -0.1) is 0 Å². The average Bonchev–Trinajstić information content (AvgIpc) is 2.20. The van der Waals surface area contributed by atoms with Gasteiger partial charge in [-0.05, 0) is 31.5 Å². The van der Waals surface area contributed by atoms with Crippen LogP contribution >= 0.6 is 0 Å². The first-order chi connectivity index (χ1) is 7.24. The molecular weight excluding hydrogens is 195 g/mol. The van der Waals surface area contributed by atoms with E-state index in [0.29, 0.717) is 24.5 Å². The molecule has 1 aromatic rings. The molecule has 0 unspecified atom stereocenters. The van der Waals surface area contributed by atoms with Crippen molar-refractivity contribution in [3.05, 3.63) is 24.0 Å². The third kappa shape index (κ3) is 4.16. The standard InChI is InChI=1S/C11H17FN2O/c1-2-15-7-3-6-14-11-5-4-9(13)8-10(11)12/h4-5,8,14H,2-3,6-7,13H2,1H3. The number of anilines is 2. The molecule has 15 heavy (non-hydrogen) atoms. The largest absolute Gasteiger partial charge is 0.399 e. The van der Waals surface area contributed by atoms with Gasteiger partial charge in [0.25, 0.3) is 0 Å². The number of rotatable bonds is 6. The van der Waals surface area contributed by atoms with Crippen molar-refractivity contribution in [3.63, 3.8) is 0 Å². The van der Waals surface area contributed by atoms with E-state index in [2.05, 4.69) is 5.32 Å². The Bertz CT molecular complexity index is 305. The molecule has 0 aliphatic carbocycles. The van der Waals surface area contributed by atoms with Gasteiger partial charge in [-0.1, -0.05) is 0 Å². The molecule has 4 heteroatoms. The van der Waals surface area contributed by atoms with Crippen LogP contribution in [0, 0.1) is 5.82 Å². The monoisotopic (exact) mass is 212 g/mol. The van der Waals surface area contributed by atoms with Gasteiger partial charge in [0.15, 0.2) is 0 Å². The minimum atomic E-state index is -0.314. The molecule has 0 heterocycles. The molecule has 0 atom stereocenters. The molecule has 0 amide bonds. The minimum Gasteiger partial charge on any atom is -0.399 e. The van der Waals surface area contributed by atoms with Crippen molar-refractivity contribution in [2.45, 2.75) is 13.3 Å². The minimum absolute atomic E-state index is 0.314. The summed E-state index contributed by atoms with van der Waals surface area (Å²) in [6, 6.07) is 4.63. The molecule has 0 bridgehead atoms. The summed E-state index contributed by atoms with van der Waals surface area (Å²) < 4.78 is 18.4. The zero-order valence-electron chi connectivity index (χ0n) is 8.92. The van der Waals surface area contributed by atoms with Gasteiger partial charge in [-0.25, -0.2) is 4.39 Å². The van der Waals surface area contributed by atoms with Gasteiger partial charge in [0.05, 0.1) is 5.69 Å². The van der Waals surface area contributed by atoms with E-state index in [1.54, 1.807) is 12.1 Å². The summed E-state index contributed by atoms with van der Waals surface area (Å²) in [5.74, 6) is -0.314. The quantitative estimate of drug-likeness (QED) is 0.561. The van der Waals surface area contributed by atoms with Crippen LogP contribution in [0.3, 0.4) is 0 Å². The fourth-order valence-corrected chi connectivity index (χ4v) is 1.22. The summed E-state index contributed by atoms with van der Waals surface area (Å²) in [6.45, 7) is 4.06. The number of hydrogen-bond donors (Lipinski definition) is 2. The molecular formula is C11H17FN2O. The second-order valence-electron chi connectivity index (χ2n) is 3.22. The Labute approximate surface area is 89.4 Å². The predicted molar refractivity (Wildman–Crippen MR) is 60.4 cm³/mol. The maximum absolute atomic E-state index is 13.3. The highest BCUT2D eigenvalue weighted by molar-refractivity contribution is 5.52. The summed E-state index contributed by atoms with van der Waals surface area (Å²) >= 11 is 0. The van der Waals surface area contributed by atoms with Crippen LogP contribution in [-0.2, 0) is 4.74 Å². The molecule has 3 nitrogen and oxygen atoms in total. The molecule has 0 aliphatic heterocycles. The molecule has 1 rings (SSSR count). The van der Waals surface area contributed by atoms with E-state index in [1.807, 2.05) is 6.92 Å². The molecule has 0 saturated heterocycles. The van der Waals surface area contributed by atoms with Gasteiger partial charge < -0.3 is 15.8 Å². The number of nitrogens with one attached hydrogen (secondary N) is 1. The lowest BCUT2D eigenvalue weighted by atomic mass is 10.2. The molecule has 0 spiro atoms. The van der Waals surface area contributed by atoms with Crippen molar-refractivity contribution < 1.29 is 9.13 Å². The lowest BCUT2D eigenvalue weighted by Crippen LogP contribution is -2.07. The van der Waals surface area contributed by atoms with Crippen molar-refractivity contribution in [1.29, 1.82) is 0 Å². The first kappa shape index (κ1) is 11.8. The van der Waals surface area contributed by atoms with Crippen LogP contribution in [0.5, 0.6) is 0 Å². The number of nitrogens with two attached hydrogens (primary N) is 1. The Morgan fingerprint density at radius 1 is 1.47 bits per heavy atom. The summed E-state index contributed by atoms with van der Waals surface area (Å²) in [4.78, 5) is 0. The highest BCUT2D eigenvalue weighted by Gasteiger charge is 2.00. The summed E-state index contributed by atoms with van der Waals surface area (Å²) in [5, 5.41) is 2.99. The normalized spacial score (nSPS) is 10.3. The maximum Gasteiger partial charge on any atom is 0.148 e. The van der Waals surface area contributed by atoms with Gasteiger partial charge in [0.2, 0.25) is 0 Å². The van der Waals surface area contributed by atoms with Gasteiger partial charge in [-0.2, -0.15) is 0 Å². The first-order valence-corrected chi connectivity index (χ1v) is 5.10. The Morgan fingerprint density at radius 3 is 2.93 bits per heavy atom. The van der Waals surface area contributed by atoms with Gasteiger partial charge in [0, 0.05) is 25.4 Å². The third-order valence-corrected chi connectivity index (χ3v) is 1.98. The van der Waals surface area contributed by atoms with E-state index in [1.165, 1.54) is 6.07 Å². The molecule has 0 saturated carbocycles. The molecule has 0 fully saturated rings. The van der Waals surface area contributed by atoms with Crippen LogP contribution in [0.4, 0.5) is 15.8 Å². The summed E-state index contributed by atoms with van der Waals surface area (Å²) in [7, 11) is 0. The SMILES string of the molecule is CCOCCCNc1ccc(N)cc1F. The average molecular weight is 212 g/mol. The Balaban J connectivity index is 2.31. The van der Waals surface area contributed by atoms with Crippen LogP contribution in [0.15, 0.2) is 18.2 Å². The highest BCUT2D eigenvalue weighted by atomic mass is 19.1. The van der Waals surface area contributed by atoms with Crippen LogP contribution in [0.1, 0.15) is 13.3 Å². The van der Waals surface area contributed by atoms with E-state index in [9.17, 15) is 4.39 Å². The Kier molecular flexibility index (Phi) is 4.90. The summed E-state index contributed by atoms with van der Waals surface area (Å²) in [5.41, 5.74) is 6.36. The van der Waals surface area contributed by atoms with Crippen molar-refractivity contribution in [2.24, 2.45) is 0 Å². The van der Waals surface area contributed by atoms with Gasteiger partial charge >= 0.3 is 0 Å². The number of hydrogen-bond acceptors (Lipinski definition) is 3. The highest BCUT2D eigenvalue weighted by Crippen LogP contribution is 2.16. The molecule has 0 aromatic heterocycles. The van der Waals surface area contributed by atoms with Gasteiger partial charge in [0.1, 0.15) is 5.82 Å². The van der Waals surface area contributed by atoms with E-state index < -0.39 is 0 Å². The zero-order valence-corrected chi connectivity index (χ0v) is 8.92. The van der Waals surface area contributed by atoms with Crippen LogP contribution in [0.2, 0.25) is 0 Å². The topological polar surface area (TPSA) is 47.3 Å².